The van der Waals surface area contributed by atoms with E-state index in [2.05, 4.69) is 6.92 Å². The van der Waals surface area contributed by atoms with E-state index in [4.69, 9.17) is 17.0 Å². The minimum atomic E-state index is -4.33. The zero-order valence-electron chi connectivity index (χ0n) is 14.9. The van der Waals surface area contributed by atoms with Gasteiger partial charge in [0.25, 0.3) is 10.1 Å². The quantitative estimate of drug-likeness (QED) is 0.324. The largest absolute Gasteiger partial charge is 1.00 e. The van der Waals surface area contributed by atoms with Crippen LogP contribution in [0.4, 0.5) is 0 Å². The summed E-state index contributed by atoms with van der Waals surface area (Å²) in [7, 11) is 0.322. The molecule has 1 aromatic heterocycles. The molecule has 0 radical (unpaired) electrons. The Morgan fingerprint density at radius 2 is 2.04 bits per heavy atom. The molecule has 1 N–H and O–H groups in total. The topological polar surface area (TPSA) is 63.6 Å². The summed E-state index contributed by atoms with van der Waals surface area (Å²) in [5, 5.41) is 0. The van der Waals surface area contributed by atoms with Gasteiger partial charge in [-0.05, 0) is 36.1 Å². The summed E-state index contributed by atoms with van der Waals surface area (Å²) >= 11 is 5.41. The van der Waals surface area contributed by atoms with Crippen molar-refractivity contribution in [2.75, 3.05) is 7.11 Å². The van der Waals surface area contributed by atoms with Crippen LogP contribution in [0, 0.1) is 3.82 Å². The van der Waals surface area contributed by atoms with Gasteiger partial charge in [-0.2, -0.15) is 8.42 Å². The van der Waals surface area contributed by atoms with Gasteiger partial charge in [0.05, 0.1) is 7.11 Å². The zero-order valence-corrected chi connectivity index (χ0v) is 19.1. The van der Waals surface area contributed by atoms with E-state index in [9.17, 15) is 13.0 Å². The van der Waals surface area contributed by atoms with Crippen LogP contribution in [0.3, 0.4) is 0 Å². The monoisotopic (exact) mass is 414 g/mol. The SMILES string of the molecule is CCCCc1ssc(=S)c1Cc1ccc(OC)c(S(=O)(=O)O)c1.[H-].[Na+]. The van der Waals surface area contributed by atoms with Crippen molar-refractivity contribution >= 4 is 43.0 Å². The van der Waals surface area contributed by atoms with Gasteiger partial charge in [0, 0.05) is 11.3 Å². The van der Waals surface area contributed by atoms with E-state index >= 15 is 0 Å². The van der Waals surface area contributed by atoms with E-state index in [0.717, 1.165) is 34.2 Å². The first-order chi connectivity index (χ1) is 10.9. The molecule has 0 saturated carbocycles. The van der Waals surface area contributed by atoms with Crippen LogP contribution in [0.15, 0.2) is 23.1 Å². The third-order valence-corrected chi connectivity index (χ3v) is 7.62. The molecule has 2 rings (SSSR count). The summed E-state index contributed by atoms with van der Waals surface area (Å²) in [6.45, 7) is 2.15. The van der Waals surface area contributed by atoms with Gasteiger partial charge < -0.3 is 6.16 Å². The molecule has 128 valence electrons. The van der Waals surface area contributed by atoms with Crippen LogP contribution in [-0.2, 0) is 23.0 Å². The third kappa shape index (κ3) is 5.60. The molecule has 9 heteroatoms. The Bertz CT molecular complexity index is 845. The summed E-state index contributed by atoms with van der Waals surface area (Å²) in [6.07, 6.45) is 3.77. The molecular weight excluding hydrogens is 395 g/mol. The van der Waals surface area contributed by atoms with Crippen molar-refractivity contribution in [3.05, 3.63) is 38.0 Å². The number of aryl methyl sites for hydroxylation is 1. The smallest absolute Gasteiger partial charge is 1.00 e. The minimum Gasteiger partial charge on any atom is -1.00 e. The first-order valence-electron chi connectivity index (χ1n) is 7.12. The molecule has 0 spiro atoms. The van der Waals surface area contributed by atoms with E-state index in [-0.39, 0.29) is 41.6 Å². The van der Waals surface area contributed by atoms with Gasteiger partial charge in [-0.1, -0.05) is 52.3 Å². The van der Waals surface area contributed by atoms with Gasteiger partial charge in [-0.25, -0.2) is 0 Å². The van der Waals surface area contributed by atoms with E-state index in [1.54, 1.807) is 32.8 Å². The molecule has 1 heterocycles. The Morgan fingerprint density at radius 1 is 1.33 bits per heavy atom. The summed E-state index contributed by atoms with van der Waals surface area (Å²) in [5.41, 5.74) is 1.88. The molecule has 0 aliphatic rings. The molecule has 2 aromatic rings. The number of hydrogen-bond acceptors (Lipinski definition) is 6. The second kappa shape index (κ2) is 9.78. The van der Waals surface area contributed by atoms with Gasteiger partial charge in [0.15, 0.2) is 0 Å². The van der Waals surface area contributed by atoms with Crippen molar-refractivity contribution in [1.82, 2.24) is 0 Å². The Hall–Kier alpha value is 0.200. The van der Waals surface area contributed by atoms with Crippen molar-refractivity contribution in [2.45, 2.75) is 37.5 Å². The fourth-order valence-corrected chi connectivity index (χ4v) is 5.93. The molecule has 1 aromatic carbocycles. The van der Waals surface area contributed by atoms with Crippen LogP contribution in [0.5, 0.6) is 5.75 Å². The summed E-state index contributed by atoms with van der Waals surface area (Å²) in [5.74, 6) is 0.134. The maximum absolute atomic E-state index is 11.5. The van der Waals surface area contributed by atoms with Crippen molar-refractivity contribution < 1.29 is 48.7 Å². The van der Waals surface area contributed by atoms with E-state index < -0.39 is 10.1 Å². The van der Waals surface area contributed by atoms with Crippen molar-refractivity contribution in [2.24, 2.45) is 0 Å². The molecule has 0 unspecified atom stereocenters. The number of unbranched alkanes of at least 4 members (excludes halogenated alkanes) is 1. The van der Waals surface area contributed by atoms with Gasteiger partial charge in [-0.3, -0.25) is 4.55 Å². The molecule has 0 aliphatic carbocycles. The zero-order chi connectivity index (χ0) is 17.0. The Balaban J connectivity index is 0.00000288. The van der Waals surface area contributed by atoms with Gasteiger partial charge in [0.2, 0.25) is 0 Å². The predicted octanol–water partition coefficient (Wildman–Crippen LogP) is 1.84. The number of benzene rings is 1. The van der Waals surface area contributed by atoms with Crippen LogP contribution in [0.1, 0.15) is 37.2 Å². The van der Waals surface area contributed by atoms with Crippen molar-refractivity contribution in [3.63, 3.8) is 0 Å². The number of rotatable bonds is 7. The molecule has 0 atom stereocenters. The van der Waals surface area contributed by atoms with Gasteiger partial charge in [-0.15, -0.1) is 0 Å². The molecule has 24 heavy (non-hydrogen) atoms. The standard InChI is InChI=1S/C15H18O4S4.Na.H/c1-3-4-5-13-11(15(20)22-21-13)8-10-6-7-12(19-2)14(9-10)23(16,17)18;;/h6-7,9H,3-5,8H2,1-2H3,(H,16,17,18);;/q;+1;-1. The van der Waals surface area contributed by atoms with Crippen LogP contribution in [0.2, 0.25) is 0 Å². The fourth-order valence-electron chi connectivity index (χ4n) is 2.24. The Labute approximate surface area is 178 Å². The van der Waals surface area contributed by atoms with Crippen LogP contribution < -0.4 is 34.3 Å². The molecule has 4 nitrogen and oxygen atoms in total. The second-order valence-corrected chi connectivity index (χ2v) is 9.39. The van der Waals surface area contributed by atoms with E-state index in [1.165, 1.54) is 18.1 Å². The maximum atomic E-state index is 11.5. The number of methoxy groups -OCH3 is 1. The van der Waals surface area contributed by atoms with Crippen LogP contribution in [-0.4, -0.2) is 20.1 Å². The normalized spacial score (nSPS) is 11.1. The van der Waals surface area contributed by atoms with Crippen molar-refractivity contribution in [3.8, 4) is 5.75 Å². The van der Waals surface area contributed by atoms with E-state index in [0.29, 0.717) is 6.42 Å². The molecular formula is C15H19NaO4S4. The average Bonchev–Trinajstić information content (AvgIpc) is 2.85. The summed E-state index contributed by atoms with van der Waals surface area (Å²) < 4.78 is 38.2. The fraction of sp³-hybridized carbons (Fsp3) is 0.400. The average molecular weight is 415 g/mol. The summed E-state index contributed by atoms with van der Waals surface area (Å²) in [4.78, 5) is 1.06. The number of ether oxygens (including phenoxy) is 1. The molecule has 0 amide bonds. The molecule has 0 fully saturated rings. The second-order valence-electron chi connectivity index (χ2n) is 5.10. The van der Waals surface area contributed by atoms with E-state index in [1.807, 2.05) is 0 Å². The molecule has 0 bridgehead atoms. The van der Waals surface area contributed by atoms with Crippen LogP contribution >= 0.6 is 32.9 Å². The van der Waals surface area contributed by atoms with Gasteiger partial charge >= 0.3 is 29.6 Å². The first-order valence-corrected chi connectivity index (χ1v) is 11.1. The molecule has 0 saturated heterocycles. The maximum Gasteiger partial charge on any atom is 1.00 e. The third-order valence-electron chi connectivity index (χ3n) is 3.45. The predicted molar refractivity (Wildman–Crippen MR) is 98.4 cm³/mol. The number of hydrogen-bond donors (Lipinski definition) is 1. The van der Waals surface area contributed by atoms with Crippen molar-refractivity contribution in [1.29, 1.82) is 0 Å². The Kier molecular flexibility index (Phi) is 9.06. The minimum absolute atomic E-state index is 0. The summed E-state index contributed by atoms with van der Waals surface area (Å²) in [6, 6.07) is 4.81. The van der Waals surface area contributed by atoms with Crippen LogP contribution in [0.25, 0.3) is 0 Å². The Morgan fingerprint density at radius 3 is 2.62 bits per heavy atom. The van der Waals surface area contributed by atoms with Gasteiger partial charge in [0.1, 0.15) is 14.5 Å². The first kappa shape index (κ1) is 22.2. The molecule has 0 aliphatic heterocycles.